The molecule has 0 atom stereocenters. The number of pyridine rings is 1. The summed E-state index contributed by atoms with van der Waals surface area (Å²) in [6.45, 7) is 1.57. The van der Waals surface area contributed by atoms with Crippen LogP contribution in [0.2, 0.25) is 0 Å². The normalized spacial score (nSPS) is 9.53. The maximum Gasteiger partial charge on any atom is 0.291 e. The Bertz CT molecular complexity index is 686. The number of nitro groups is 1. The Morgan fingerprint density at radius 3 is 2.37 bits per heavy atom. The molecule has 0 aliphatic carbocycles. The first-order valence-electron chi connectivity index (χ1n) is 5.27. The van der Waals surface area contributed by atoms with E-state index >= 15 is 0 Å². The van der Waals surface area contributed by atoms with E-state index in [0.29, 0.717) is 16.8 Å². The van der Waals surface area contributed by atoms with Crippen molar-refractivity contribution in [3.8, 4) is 11.8 Å². The van der Waals surface area contributed by atoms with Crippen LogP contribution >= 0.6 is 0 Å². The van der Waals surface area contributed by atoms with Crippen molar-refractivity contribution in [2.45, 2.75) is 6.92 Å². The van der Waals surface area contributed by atoms with E-state index in [-0.39, 0.29) is 11.6 Å². The van der Waals surface area contributed by atoms with Crippen LogP contribution in [0.25, 0.3) is 0 Å². The highest BCUT2D eigenvalue weighted by Crippen LogP contribution is 2.15. The minimum absolute atomic E-state index is 0.0552. The molecule has 0 amide bonds. The van der Waals surface area contributed by atoms with Crippen molar-refractivity contribution in [2.75, 3.05) is 5.73 Å². The predicted octanol–water partition coefficient (Wildman–Crippen LogP) is 1.07. The van der Waals surface area contributed by atoms with Gasteiger partial charge in [0.25, 0.3) is 5.69 Å². The number of aryl methyl sites for hydroxylation is 1. The summed E-state index contributed by atoms with van der Waals surface area (Å²) in [5.74, 6) is 5.71. The number of hydrogen-bond donors (Lipinski definition) is 1. The number of nitrogens with two attached hydrogens (primary N) is 1. The highest BCUT2D eigenvalue weighted by atomic mass is 16.6. The van der Waals surface area contributed by atoms with Gasteiger partial charge in [0.2, 0.25) is 5.95 Å². The van der Waals surface area contributed by atoms with Crippen LogP contribution in [0.1, 0.15) is 16.8 Å². The molecule has 0 bridgehead atoms. The Hall–Kier alpha value is -3.01. The minimum atomic E-state index is -0.486. The molecule has 0 unspecified atom stereocenters. The van der Waals surface area contributed by atoms with Gasteiger partial charge < -0.3 is 5.73 Å². The second-order valence-electron chi connectivity index (χ2n) is 3.67. The van der Waals surface area contributed by atoms with Gasteiger partial charge in [-0.3, -0.25) is 15.1 Å². The van der Waals surface area contributed by atoms with Gasteiger partial charge in [0.1, 0.15) is 5.69 Å². The summed E-state index contributed by atoms with van der Waals surface area (Å²) in [6.07, 6.45) is 4.43. The lowest BCUT2D eigenvalue weighted by molar-refractivity contribution is -0.385. The lowest BCUT2D eigenvalue weighted by Gasteiger charge is -1.96. The molecule has 0 fully saturated rings. The summed E-state index contributed by atoms with van der Waals surface area (Å²) in [6, 6.07) is 1.38. The molecule has 7 heteroatoms. The summed E-state index contributed by atoms with van der Waals surface area (Å²) in [5.41, 5.74) is 6.67. The smallest absolute Gasteiger partial charge is 0.291 e. The third kappa shape index (κ3) is 3.01. The fourth-order valence-electron chi connectivity index (χ4n) is 1.32. The van der Waals surface area contributed by atoms with Gasteiger partial charge in [-0.2, -0.15) is 0 Å². The lowest BCUT2D eigenvalue weighted by Crippen LogP contribution is -1.95. The van der Waals surface area contributed by atoms with Gasteiger partial charge in [0.05, 0.1) is 16.1 Å². The molecule has 2 heterocycles. The molecule has 0 radical (unpaired) electrons. The quantitative estimate of drug-likeness (QED) is 0.464. The van der Waals surface area contributed by atoms with Gasteiger partial charge in [-0.1, -0.05) is 11.8 Å². The zero-order valence-electron chi connectivity index (χ0n) is 9.99. The van der Waals surface area contributed by atoms with E-state index < -0.39 is 4.92 Å². The predicted molar refractivity (Wildman–Crippen MR) is 68.1 cm³/mol. The Morgan fingerprint density at radius 2 is 1.74 bits per heavy atom. The third-order valence-corrected chi connectivity index (χ3v) is 2.28. The van der Waals surface area contributed by atoms with Crippen molar-refractivity contribution in [1.82, 2.24) is 15.0 Å². The maximum atomic E-state index is 10.8. The SMILES string of the molecule is Cc1ncc(C#Cc2cnc(N)nc2)cc1[N+](=O)[O-]. The molecule has 0 aromatic carbocycles. The first kappa shape index (κ1) is 12.4. The molecule has 94 valence electrons. The average Bonchev–Trinajstić information content (AvgIpc) is 2.39. The van der Waals surface area contributed by atoms with E-state index in [9.17, 15) is 10.1 Å². The van der Waals surface area contributed by atoms with Crippen molar-refractivity contribution < 1.29 is 4.92 Å². The molecule has 0 saturated carbocycles. The van der Waals surface area contributed by atoms with Gasteiger partial charge in [-0.25, -0.2) is 9.97 Å². The molecule has 19 heavy (non-hydrogen) atoms. The topological polar surface area (TPSA) is 108 Å². The van der Waals surface area contributed by atoms with Crippen LogP contribution in [0, 0.1) is 28.9 Å². The molecule has 7 nitrogen and oxygen atoms in total. The van der Waals surface area contributed by atoms with Crippen molar-refractivity contribution in [1.29, 1.82) is 0 Å². The molecule has 0 saturated heterocycles. The van der Waals surface area contributed by atoms with E-state index in [4.69, 9.17) is 5.73 Å². The van der Waals surface area contributed by atoms with Crippen LogP contribution in [0.4, 0.5) is 11.6 Å². The van der Waals surface area contributed by atoms with E-state index in [1.54, 1.807) is 6.92 Å². The van der Waals surface area contributed by atoms with Crippen LogP contribution in [0.3, 0.4) is 0 Å². The second-order valence-corrected chi connectivity index (χ2v) is 3.67. The Kier molecular flexibility index (Phi) is 3.34. The first-order chi connectivity index (χ1) is 9.06. The maximum absolute atomic E-state index is 10.8. The summed E-state index contributed by atoms with van der Waals surface area (Å²) in [7, 11) is 0. The standard InChI is InChI=1S/C12H9N5O2/c1-8-11(17(18)19)4-9(5-14-8)2-3-10-6-15-12(13)16-7-10/h4-7H,1H3,(H2,13,15,16). The molecule has 0 spiro atoms. The number of aromatic nitrogens is 3. The second kappa shape index (κ2) is 5.10. The molecule has 0 aliphatic rings. The van der Waals surface area contributed by atoms with Crippen molar-refractivity contribution in [3.05, 3.63) is 51.6 Å². The van der Waals surface area contributed by atoms with Gasteiger partial charge in [0, 0.05) is 24.7 Å². The minimum Gasteiger partial charge on any atom is -0.368 e. The van der Waals surface area contributed by atoms with Crippen LogP contribution in [0.15, 0.2) is 24.7 Å². The Labute approximate surface area is 108 Å². The molecule has 0 aliphatic heterocycles. The van der Waals surface area contributed by atoms with E-state index in [1.807, 2.05) is 0 Å². The van der Waals surface area contributed by atoms with Crippen LogP contribution in [-0.2, 0) is 0 Å². The summed E-state index contributed by atoms with van der Waals surface area (Å²) in [4.78, 5) is 21.8. The largest absolute Gasteiger partial charge is 0.368 e. The molecule has 2 aromatic rings. The summed E-state index contributed by atoms with van der Waals surface area (Å²) in [5, 5.41) is 10.8. The van der Waals surface area contributed by atoms with Gasteiger partial charge in [-0.05, 0) is 6.92 Å². The fourth-order valence-corrected chi connectivity index (χ4v) is 1.32. The zero-order valence-corrected chi connectivity index (χ0v) is 9.99. The Balaban J connectivity index is 2.32. The number of hydrogen-bond acceptors (Lipinski definition) is 6. The molecule has 2 N–H and O–H groups in total. The number of nitrogen functional groups attached to an aromatic ring is 1. The van der Waals surface area contributed by atoms with Gasteiger partial charge in [0.15, 0.2) is 0 Å². The van der Waals surface area contributed by atoms with Crippen LogP contribution < -0.4 is 5.73 Å². The van der Waals surface area contributed by atoms with E-state index in [1.165, 1.54) is 24.7 Å². The Morgan fingerprint density at radius 1 is 1.16 bits per heavy atom. The van der Waals surface area contributed by atoms with E-state index in [2.05, 4.69) is 26.8 Å². The van der Waals surface area contributed by atoms with E-state index in [0.717, 1.165) is 0 Å². The molecule has 2 aromatic heterocycles. The van der Waals surface area contributed by atoms with Crippen LogP contribution in [0.5, 0.6) is 0 Å². The van der Waals surface area contributed by atoms with Crippen molar-refractivity contribution in [2.24, 2.45) is 0 Å². The van der Waals surface area contributed by atoms with Crippen molar-refractivity contribution in [3.63, 3.8) is 0 Å². The average molecular weight is 255 g/mol. The number of nitrogens with zero attached hydrogens (tertiary/aromatic N) is 4. The summed E-state index contributed by atoms with van der Waals surface area (Å²) < 4.78 is 0. The lowest BCUT2D eigenvalue weighted by atomic mass is 10.2. The van der Waals surface area contributed by atoms with Crippen LogP contribution in [-0.4, -0.2) is 19.9 Å². The van der Waals surface area contributed by atoms with Gasteiger partial charge in [-0.15, -0.1) is 0 Å². The number of rotatable bonds is 1. The highest BCUT2D eigenvalue weighted by Gasteiger charge is 2.11. The molecular weight excluding hydrogens is 246 g/mol. The molecular formula is C12H9N5O2. The fraction of sp³-hybridized carbons (Fsp3) is 0.0833. The molecule has 2 rings (SSSR count). The summed E-state index contributed by atoms with van der Waals surface area (Å²) >= 11 is 0. The monoisotopic (exact) mass is 255 g/mol. The zero-order chi connectivity index (χ0) is 13.8. The highest BCUT2D eigenvalue weighted by molar-refractivity contribution is 5.46. The van der Waals surface area contributed by atoms with Gasteiger partial charge >= 0.3 is 0 Å². The third-order valence-electron chi connectivity index (χ3n) is 2.28. The number of anilines is 1. The van der Waals surface area contributed by atoms with Crippen molar-refractivity contribution >= 4 is 11.6 Å². The first-order valence-corrected chi connectivity index (χ1v) is 5.27.